The Labute approximate surface area is 145 Å². The van der Waals surface area contributed by atoms with E-state index >= 15 is 0 Å². The molecule has 2 heterocycles. The summed E-state index contributed by atoms with van der Waals surface area (Å²) < 4.78 is 5.58. The Bertz CT molecular complexity index is 469. The fourth-order valence-corrected chi connectivity index (χ4v) is 3.55. The summed E-state index contributed by atoms with van der Waals surface area (Å²) in [5.74, 6) is 1.68. The Kier molecular flexibility index (Phi) is 7.34. The summed E-state index contributed by atoms with van der Waals surface area (Å²) in [5.41, 5.74) is 1.25. The lowest BCUT2D eigenvalue weighted by atomic mass is 9.92. The van der Waals surface area contributed by atoms with Gasteiger partial charge in [-0.05, 0) is 49.8 Å². The monoisotopic (exact) mass is 338 g/mol. The van der Waals surface area contributed by atoms with Gasteiger partial charge in [0, 0.05) is 13.1 Å². The number of likely N-dealkylation sites (tertiary alicyclic amines) is 1. The summed E-state index contributed by atoms with van der Waals surface area (Å²) in [6, 6.07) is 10.3. The van der Waals surface area contributed by atoms with E-state index < -0.39 is 0 Å². The molecule has 4 nitrogen and oxygen atoms in total. The number of nitrogens with one attached hydrogen (secondary N) is 1. The van der Waals surface area contributed by atoms with Gasteiger partial charge in [0.15, 0.2) is 0 Å². The summed E-state index contributed by atoms with van der Waals surface area (Å²) in [6.07, 6.45) is 3.13. The van der Waals surface area contributed by atoms with Crippen molar-refractivity contribution >= 4 is 18.3 Å². The molecule has 128 valence electrons. The van der Waals surface area contributed by atoms with Crippen LogP contribution >= 0.6 is 12.4 Å². The Morgan fingerprint density at radius 2 is 1.78 bits per heavy atom. The quantitative estimate of drug-likeness (QED) is 0.836. The molecule has 3 rings (SSSR count). The smallest absolute Gasteiger partial charge is 0.248 e. The number of rotatable bonds is 5. The predicted octanol–water partition coefficient (Wildman–Crippen LogP) is 2.13. The van der Waals surface area contributed by atoms with E-state index in [2.05, 4.69) is 17.4 Å². The van der Waals surface area contributed by atoms with Crippen LogP contribution in [0.2, 0.25) is 0 Å². The van der Waals surface area contributed by atoms with Gasteiger partial charge in [0.25, 0.3) is 0 Å². The minimum atomic E-state index is 0. The molecular formula is C18H27ClN2O2. The summed E-state index contributed by atoms with van der Waals surface area (Å²) >= 11 is 0. The molecular weight excluding hydrogens is 312 g/mol. The van der Waals surface area contributed by atoms with Gasteiger partial charge in [0.05, 0.1) is 6.61 Å². The van der Waals surface area contributed by atoms with Crippen LogP contribution in [0, 0.1) is 11.8 Å². The zero-order chi connectivity index (χ0) is 15.2. The predicted molar refractivity (Wildman–Crippen MR) is 93.9 cm³/mol. The van der Waals surface area contributed by atoms with Crippen LogP contribution in [-0.2, 0) is 16.0 Å². The number of carbonyl (C=O) groups excluding carboxylic acids is 1. The molecule has 0 aliphatic carbocycles. The van der Waals surface area contributed by atoms with E-state index in [1.54, 1.807) is 0 Å². The molecule has 0 bridgehead atoms. The van der Waals surface area contributed by atoms with E-state index in [1.165, 1.54) is 5.56 Å². The van der Waals surface area contributed by atoms with Crippen molar-refractivity contribution in [1.82, 2.24) is 10.2 Å². The molecule has 2 aliphatic heterocycles. The van der Waals surface area contributed by atoms with E-state index in [9.17, 15) is 4.79 Å². The molecule has 0 spiro atoms. The molecule has 1 aromatic rings. The van der Waals surface area contributed by atoms with Crippen LogP contribution in [-0.4, -0.2) is 50.2 Å². The average Bonchev–Trinajstić information content (AvgIpc) is 2.91. The standard InChI is InChI=1S/C18H26N2O2.ClH/c21-18(14-22-11-8-15-4-2-1-3-5-15)20-9-6-16-12-19-13-17(16)7-10-20;/h1-5,16-17,19H,6-14H2;1H/t16-,17+;. The molecule has 1 N–H and O–H groups in total. The van der Waals surface area contributed by atoms with Crippen molar-refractivity contribution in [2.45, 2.75) is 19.3 Å². The van der Waals surface area contributed by atoms with Crippen molar-refractivity contribution < 1.29 is 9.53 Å². The maximum atomic E-state index is 12.3. The molecule has 0 saturated carbocycles. The second kappa shape index (κ2) is 9.26. The second-order valence-corrected chi connectivity index (χ2v) is 6.42. The number of fused-ring (bicyclic) bond motifs is 1. The highest BCUT2D eigenvalue weighted by molar-refractivity contribution is 5.85. The van der Waals surface area contributed by atoms with Crippen LogP contribution in [0.15, 0.2) is 30.3 Å². The van der Waals surface area contributed by atoms with Gasteiger partial charge in [-0.25, -0.2) is 0 Å². The summed E-state index contributed by atoms with van der Waals surface area (Å²) in [7, 11) is 0. The van der Waals surface area contributed by atoms with E-state index in [-0.39, 0.29) is 24.9 Å². The van der Waals surface area contributed by atoms with E-state index in [0.29, 0.717) is 6.61 Å². The molecule has 2 aliphatic rings. The fourth-order valence-electron chi connectivity index (χ4n) is 3.55. The largest absolute Gasteiger partial charge is 0.371 e. The van der Waals surface area contributed by atoms with Crippen molar-refractivity contribution in [1.29, 1.82) is 0 Å². The van der Waals surface area contributed by atoms with Crippen molar-refractivity contribution in [2.24, 2.45) is 11.8 Å². The topological polar surface area (TPSA) is 41.6 Å². The first-order chi connectivity index (χ1) is 10.8. The summed E-state index contributed by atoms with van der Waals surface area (Å²) in [5, 5.41) is 3.47. The van der Waals surface area contributed by atoms with E-state index in [4.69, 9.17) is 4.74 Å². The van der Waals surface area contributed by atoms with Gasteiger partial charge in [0.1, 0.15) is 6.61 Å². The number of amides is 1. The van der Waals surface area contributed by atoms with Gasteiger partial charge in [-0.3, -0.25) is 4.79 Å². The third-order valence-electron chi connectivity index (χ3n) is 4.98. The minimum absolute atomic E-state index is 0. The average molecular weight is 339 g/mol. The lowest BCUT2D eigenvalue weighted by molar-refractivity contribution is -0.136. The first-order valence-electron chi connectivity index (χ1n) is 8.43. The Morgan fingerprint density at radius 3 is 2.43 bits per heavy atom. The maximum absolute atomic E-state index is 12.3. The van der Waals surface area contributed by atoms with Crippen LogP contribution in [0.5, 0.6) is 0 Å². The van der Waals surface area contributed by atoms with Crippen LogP contribution in [0.25, 0.3) is 0 Å². The Balaban J connectivity index is 0.00000192. The molecule has 0 radical (unpaired) electrons. The van der Waals surface area contributed by atoms with Crippen LogP contribution < -0.4 is 5.32 Å². The number of hydrogen-bond donors (Lipinski definition) is 1. The van der Waals surface area contributed by atoms with Gasteiger partial charge in [-0.2, -0.15) is 0 Å². The summed E-state index contributed by atoms with van der Waals surface area (Å²) in [4.78, 5) is 14.3. The third kappa shape index (κ3) is 5.20. The molecule has 2 atom stereocenters. The lowest BCUT2D eigenvalue weighted by Crippen LogP contribution is -2.35. The highest BCUT2D eigenvalue weighted by Crippen LogP contribution is 2.27. The molecule has 5 heteroatoms. The normalized spacial score (nSPS) is 23.7. The number of halogens is 1. The van der Waals surface area contributed by atoms with Gasteiger partial charge >= 0.3 is 0 Å². The van der Waals surface area contributed by atoms with Crippen LogP contribution in [0.1, 0.15) is 18.4 Å². The SMILES string of the molecule is Cl.O=C(COCCc1ccccc1)N1CC[C@@H]2CNC[C@@H]2CC1. The van der Waals surface area contributed by atoms with Crippen molar-refractivity contribution in [2.75, 3.05) is 39.4 Å². The maximum Gasteiger partial charge on any atom is 0.248 e. The number of hydrogen-bond acceptors (Lipinski definition) is 3. The fraction of sp³-hybridized carbons (Fsp3) is 0.611. The Hall–Kier alpha value is -1.10. The molecule has 23 heavy (non-hydrogen) atoms. The third-order valence-corrected chi connectivity index (χ3v) is 4.98. The highest BCUT2D eigenvalue weighted by Gasteiger charge is 2.31. The highest BCUT2D eigenvalue weighted by atomic mass is 35.5. The van der Waals surface area contributed by atoms with Gasteiger partial charge in [-0.15, -0.1) is 12.4 Å². The molecule has 2 fully saturated rings. The molecule has 0 unspecified atom stereocenters. The van der Waals surface area contributed by atoms with E-state index in [1.807, 2.05) is 23.1 Å². The van der Waals surface area contributed by atoms with Crippen molar-refractivity contribution in [3.05, 3.63) is 35.9 Å². The first kappa shape index (κ1) is 18.2. The number of ether oxygens (including phenoxy) is 1. The van der Waals surface area contributed by atoms with Gasteiger partial charge in [-0.1, -0.05) is 30.3 Å². The van der Waals surface area contributed by atoms with Crippen molar-refractivity contribution in [3.63, 3.8) is 0 Å². The van der Waals surface area contributed by atoms with Crippen LogP contribution in [0.3, 0.4) is 0 Å². The number of benzene rings is 1. The van der Waals surface area contributed by atoms with Gasteiger partial charge < -0.3 is 15.0 Å². The zero-order valence-corrected chi connectivity index (χ0v) is 14.4. The summed E-state index contributed by atoms with van der Waals surface area (Å²) in [6.45, 7) is 4.87. The number of nitrogens with zero attached hydrogens (tertiary/aromatic N) is 1. The zero-order valence-electron chi connectivity index (χ0n) is 13.6. The Morgan fingerprint density at radius 1 is 1.13 bits per heavy atom. The minimum Gasteiger partial charge on any atom is -0.371 e. The second-order valence-electron chi connectivity index (χ2n) is 6.42. The lowest BCUT2D eigenvalue weighted by Gasteiger charge is -2.20. The van der Waals surface area contributed by atoms with Crippen LogP contribution in [0.4, 0.5) is 0 Å². The first-order valence-corrected chi connectivity index (χ1v) is 8.43. The molecule has 1 amide bonds. The number of carbonyl (C=O) groups is 1. The molecule has 1 aromatic carbocycles. The molecule has 0 aromatic heterocycles. The van der Waals surface area contributed by atoms with Crippen molar-refractivity contribution in [3.8, 4) is 0 Å². The molecule has 2 saturated heterocycles. The van der Waals surface area contributed by atoms with E-state index in [0.717, 1.165) is 57.3 Å². The van der Waals surface area contributed by atoms with Gasteiger partial charge in [0.2, 0.25) is 5.91 Å².